The van der Waals surface area contributed by atoms with Crippen molar-refractivity contribution < 1.29 is 48.3 Å². The zero-order chi connectivity index (χ0) is 21.1. The largest absolute Gasteiger partial charge is 0.460 e. The van der Waals surface area contributed by atoms with Crippen molar-refractivity contribution in [3.05, 3.63) is 41.0 Å². The molecule has 0 spiro atoms. The monoisotopic (exact) mass is 431 g/mol. The Morgan fingerprint density at radius 2 is 1.22 bits per heavy atom. The zero-order valence-electron chi connectivity index (χ0n) is 12.4. The molecule has 1 heterocycles. The minimum atomic E-state index is -7.47. The predicted octanol–water partition coefficient (Wildman–Crippen LogP) is 6.45. The number of hydrogen-bond donors (Lipinski definition) is 0. The molecule has 0 aliphatic heterocycles. The molecule has 13 heteroatoms. The summed E-state index contributed by atoms with van der Waals surface area (Å²) >= 11 is 5.59. The third kappa shape index (κ3) is 3.07. The van der Waals surface area contributed by atoms with Gasteiger partial charge >= 0.3 is 29.9 Å². The van der Waals surface area contributed by atoms with Crippen LogP contribution < -0.4 is 0 Å². The summed E-state index contributed by atoms with van der Waals surface area (Å²) < 4.78 is 143. The van der Waals surface area contributed by atoms with Crippen LogP contribution in [0.25, 0.3) is 10.9 Å². The molecule has 0 unspecified atom stereocenters. The fourth-order valence-corrected chi connectivity index (χ4v) is 2.19. The molecule has 0 N–H and O–H groups in total. The van der Waals surface area contributed by atoms with Crippen LogP contribution in [0.4, 0.5) is 48.3 Å². The van der Waals surface area contributed by atoms with E-state index in [1.807, 2.05) is 0 Å². The van der Waals surface area contributed by atoms with E-state index < -0.39 is 41.1 Å². The molecule has 150 valence electrons. The van der Waals surface area contributed by atoms with E-state index in [2.05, 4.69) is 4.98 Å². The van der Waals surface area contributed by atoms with Crippen LogP contribution >= 0.6 is 11.6 Å². The van der Waals surface area contributed by atoms with Crippen LogP contribution in [0.2, 0.25) is 5.02 Å². The Bertz CT molecular complexity index is 860. The van der Waals surface area contributed by atoms with Gasteiger partial charge in [-0.3, -0.25) is 0 Å². The molecule has 0 radical (unpaired) electrons. The van der Waals surface area contributed by atoms with Gasteiger partial charge in [0.1, 0.15) is 5.69 Å². The molecule has 0 fully saturated rings. The van der Waals surface area contributed by atoms with Gasteiger partial charge in [-0.2, -0.15) is 48.3 Å². The van der Waals surface area contributed by atoms with Crippen molar-refractivity contribution in [1.29, 1.82) is 0 Å². The normalized spacial score (nSPS) is 14.7. The molecule has 2 aromatic rings. The second-order valence-electron chi connectivity index (χ2n) is 5.33. The van der Waals surface area contributed by atoms with Crippen molar-refractivity contribution in [1.82, 2.24) is 4.98 Å². The Hall–Kier alpha value is -1.85. The van der Waals surface area contributed by atoms with Gasteiger partial charge in [0.25, 0.3) is 0 Å². The maximum Gasteiger partial charge on any atom is 0.460 e. The summed E-state index contributed by atoms with van der Waals surface area (Å²) in [5.41, 5.74) is -2.58. The van der Waals surface area contributed by atoms with Crippen LogP contribution in [0.5, 0.6) is 0 Å². The molecule has 0 amide bonds. The summed E-state index contributed by atoms with van der Waals surface area (Å²) in [7, 11) is 0. The summed E-state index contributed by atoms with van der Waals surface area (Å²) in [6.45, 7) is 0. The smallest absolute Gasteiger partial charge is 0.246 e. The SMILES string of the molecule is FC(F)(F)C(F)(F)C(F)(F)C(F)(F)C(F)(F)c1ccc2cc(Cl)ccc2n1. The average molecular weight is 432 g/mol. The first-order valence-electron chi connectivity index (χ1n) is 6.61. The van der Waals surface area contributed by atoms with Gasteiger partial charge in [-0.05, 0) is 24.3 Å². The third-order valence-electron chi connectivity index (χ3n) is 3.51. The van der Waals surface area contributed by atoms with Crippen molar-refractivity contribution in [2.75, 3.05) is 0 Å². The molecule has 1 nitrogen and oxygen atoms in total. The Labute approximate surface area is 147 Å². The standard InChI is InChI=1S/C14H5ClF11N/c15-7-2-3-8-6(5-7)1-4-9(27-8)10(16,17)11(18,19)12(20,21)13(22,23)14(24,25)26/h1-5H. The van der Waals surface area contributed by atoms with E-state index >= 15 is 0 Å². The average Bonchev–Trinajstić information content (AvgIpc) is 2.52. The number of fused-ring (bicyclic) bond motifs is 1. The first-order chi connectivity index (χ1) is 12.0. The Balaban J connectivity index is 2.61. The fraction of sp³-hybridized carbons (Fsp3) is 0.357. The molecule has 0 aliphatic rings. The molecule has 27 heavy (non-hydrogen) atoms. The highest BCUT2D eigenvalue weighted by atomic mass is 35.5. The lowest BCUT2D eigenvalue weighted by Crippen LogP contribution is -2.65. The minimum absolute atomic E-state index is 0.00209. The number of nitrogens with zero attached hydrogens (tertiary/aromatic N) is 1. The van der Waals surface area contributed by atoms with Crippen molar-refractivity contribution >= 4 is 22.5 Å². The number of alkyl halides is 11. The lowest BCUT2D eigenvalue weighted by atomic mass is 9.95. The number of benzene rings is 1. The van der Waals surface area contributed by atoms with Gasteiger partial charge in [0.05, 0.1) is 5.52 Å². The van der Waals surface area contributed by atoms with Crippen LogP contribution in [0, 0.1) is 0 Å². The lowest BCUT2D eigenvalue weighted by molar-refractivity contribution is -0.425. The number of pyridine rings is 1. The maximum atomic E-state index is 13.9. The van der Waals surface area contributed by atoms with Crippen molar-refractivity contribution in [3.63, 3.8) is 0 Å². The van der Waals surface area contributed by atoms with Crippen LogP contribution in [-0.4, -0.2) is 28.9 Å². The highest BCUT2D eigenvalue weighted by Gasteiger charge is 2.87. The van der Waals surface area contributed by atoms with Crippen molar-refractivity contribution in [2.24, 2.45) is 0 Å². The van der Waals surface area contributed by atoms with Crippen molar-refractivity contribution in [3.8, 4) is 0 Å². The van der Waals surface area contributed by atoms with Crippen LogP contribution in [0.15, 0.2) is 30.3 Å². The van der Waals surface area contributed by atoms with Gasteiger partial charge in [-0.1, -0.05) is 17.7 Å². The van der Waals surface area contributed by atoms with E-state index in [1.54, 1.807) is 0 Å². The number of halogens is 12. The molecule has 0 saturated heterocycles. The first kappa shape index (κ1) is 21.5. The van der Waals surface area contributed by atoms with Crippen LogP contribution in [-0.2, 0) is 5.92 Å². The first-order valence-corrected chi connectivity index (χ1v) is 6.99. The highest BCUT2D eigenvalue weighted by Crippen LogP contribution is 2.59. The second-order valence-corrected chi connectivity index (χ2v) is 5.77. The van der Waals surface area contributed by atoms with Gasteiger partial charge in [0.2, 0.25) is 0 Å². The molecule has 1 aromatic heterocycles. The van der Waals surface area contributed by atoms with E-state index in [-0.39, 0.29) is 16.5 Å². The molecular formula is C14H5ClF11N. The van der Waals surface area contributed by atoms with Crippen LogP contribution in [0.3, 0.4) is 0 Å². The second kappa shape index (κ2) is 6.08. The fourth-order valence-electron chi connectivity index (χ4n) is 2.00. The zero-order valence-corrected chi connectivity index (χ0v) is 13.1. The van der Waals surface area contributed by atoms with Gasteiger partial charge in [-0.25, -0.2) is 4.98 Å². The summed E-state index contributed by atoms with van der Waals surface area (Å²) in [6.07, 6.45) is -7.20. The molecular weight excluding hydrogens is 427 g/mol. The molecule has 0 atom stereocenters. The van der Waals surface area contributed by atoms with E-state index in [1.165, 1.54) is 0 Å². The van der Waals surface area contributed by atoms with Gasteiger partial charge in [0.15, 0.2) is 0 Å². The Morgan fingerprint density at radius 3 is 1.74 bits per heavy atom. The van der Waals surface area contributed by atoms with Gasteiger partial charge < -0.3 is 0 Å². The third-order valence-corrected chi connectivity index (χ3v) is 3.75. The molecule has 0 saturated carbocycles. The van der Waals surface area contributed by atoms with E-state index in [9.17, 15) is 48.3 Å². The lowest BCUT2D eigenvalue weighted by Gasteiger charge is -2.37. The molecule has 0 aliphatic carbocycles. The van der Waals surface area contributed by atoms with Gasteiger partial charge in [-0.15, -0.1) is 0 Å². The van der Waals surface area contributed by atoms with Crippen molar-refractivity contribution in [2.45, 2.75) is 29.9 Å². The van der Waals surface area contributed by atoms with E-state index in [0.29, 0.717) is 6.07 Å². The number of aromatic nitrogens is 1. The minimum Gasteiger partial charge on any atom is -0.246 e. The van der Waals surface area contributed by atoms with E-state index in [0.717, 1.165) is 18.2 Å². The predicted molar refractivity (Wildman–Crippen MR) is 71.5 cm³/mol. The number of rotatable bonds is 4. The van der Waals surface area contributed by atoms with Crippen LogP contribution in [0.1, 0.15) is 5.69 Å². The summed E-state index contributed by atoms with van der Waals surface area (Å²) in [5, 5.41) is 0.0724. The molecule has 1 aromatic carbocycles. The highest BCUT2D eigenvalue weighted by molar-refractivity contribution is 6.31. The molecule has 2 rings (SSSR count). The maximum absolute atomic E-state index is 13.9. The topological polar surface area (TPSA) is 12.9 Å². The molecule has 0 bridgehead atoms. The quantitative estimate of drug-likeness (QED) is 0.507. The summed E-state index contributed by atoms with van der Waals surface area (Å²) in [4.78, 5) is 2.96. The van der Waals surface area contributed by atoms with Gasteiger partial charge in [0, 0.05) is 10.4 Å². The Morgan fingerprint density at radius 1 is 0.667 bits per heavy atom. The summed E-state index contributed by atoms with van der Waals surface area (Å²) in [6, 6.07) is 3.92. The summed E-state index contributed by atoms with van der Waals surface area (Å²) in [5.74, 6) is -28.2. The van der Waals surface area contributed by atoms with E-state index in [4.69, 9.17) is 11.6 Å². The number of hydrogen-bond acceptors (Lipinski definition) is 1. The Kier molecular flexibility index (Phi) is 4.83.